The highest BCUT2D eigenvalue weighted by atomic mass is 16.5. The number of nitrogens with zero attached hydrogens (tertiary/aromatic N) is 2. The van der Waals surface area contributed by atoms with Gasteiger partial charge in [-0.05, 0) is 43.3 Å². The Labute approximate surface area is 175 Å². The minimum absolute atomic E-state index is 0.0563. The van der Waals surface area contributed by atoms with Crippen LogP contribution in [0.1, 0.15) is 23.7 Å². The van der Waals surface area contributed by atoms with Gasteiger partial charge >= 0.3 is 0 Å². The molecule has 7 nitrogen and oxygen atoms in total. The fraction of sp³-hybridized carbons (Fsp3) is 0.348. The van der Waals surface area contributed by atoms with Crippen LogP contribution < -0.4 is 19.4 Å². The van der Waals surface area contributed by atoms with Crippen molar-refractivity contribution in [1.82, 2.24) is 0 Å². The number of methoxy groups -OCH3 is 1. The molecule has 30 heavy (non-hydrogen) atoms. The zero-order valence-corrected chi connectivity index (χ0v) is 17.3. The smallest absolute Gasteiger partial charge is 0.292 e. The number of quaternary nitrogens is 1. The topological polar surface area (TPSA) is 71.4 Å². The minimum Gasteiger partial charge on any atom is -0.497 e. The SMILES string of the molecule is COc1cccc(N2C(=O)C[C@@H]([NH+]3CCN(c4ccc(C(C)=O)cc4)CC3)C2=O)c1. The van der Waals surface area contributed by atoms with Crippen molar-refractivity contribution in [2.75, 3.05) is 43.1 Å². The third-order valence-electron chi connectivity index (χ3n) is 6.00. The molecular formula is C23H26N3O4+. The van der Waals surface area contributed by atoms with E-state index in [1.807, 2.05) is 24.3 Å². The van der Waals surface area contributed by atoms with Crippen LogP contribution in [0.3, 0.4) is 0 Å². The van der Waals surface area contributed by atoms with Gasteiger partial charge < -0.3 is 14.5 Å². The van der Waals surface area contributed by atoms with Gasteiger partial charge in [0.1, 0.15) is 5.75 Å². The Balaban J connectivity index is 1.41. The largest absolute Gasteiger partial charge is 0.497 e. The van der Waals surface area contributed by atoms with Gasteiger partial charge in [-0.1, -0.05) is 6.07 Å². The van der Waals surface area contributed by atoms with Crippen molar-refractivity contribution >= 4 is 29.0 Å². The maximum absolute atomic E-state index is 13.1. The molecule has 0 aliphatic carbocycles. The van der Waals surface area contributed by atoms with Crippen LogP contribution in [0, 0.1) is 0 Å². The summed E-state index contributed by atoms with van der Waals surface area (Å²) in [6.07, 6.45) is 0.235. The summed E-state index contributed by atoms with van der Waals surface area (Å²) in [4.78, 5) is 41.9. The Bertz CT molecular complexity index is 965. The predicted molar refractivity (Wildman–Crippen MR) is 113 cm³/mol. The molecule has 0 unspecified atom stereocenters. The average molecular weight is 408 g/mol. The zero-order valence-electron chi connectivity index (χ0n) is 17.3. The molecule has 0 bridgehead atoms. The van der Waals surface area contributed by atoms with Gasteiger partial charge in [0.25, 0.3) is 5.91 Å². The standard InChI is InChI=1S/C23H25N3O4/c1-16(27)17-6-8-18(9-7-17)24-10-12-25(13-11-24)21-15-22(28)26(23(21)29)19-4-3-5-20(14-19)30-2/h3-9,14,21H,10-13,15H2,1-2H3/p+1/t21-/m1/s1. The van der Waals surface area contributed by atoms with E-state index in [0.29, 0.717) is 17.0 Å². The van der Waals surface area contributed by atoms with Gasteiger partial charge in [-0.25, -0.2) is 4.90 Å². The highest BCUT2D eigenvalue weighted by Gasteiger charge is 2.46. The zero-order chi connectivity index (χ0) is 21.3. The third kappa shape index (κ3) is 3.80. The van der Waals surface area contributed by atoms with Crippen molar-refractivity contribution in [3.8, 4) is 5.75 Å². The van der Waals surface area contributed by atoms with Crippen molar-refractivity contribution in [3.05, 3.63) is 54.1 Å². The quantitative estimate of drug-likeness (QED) is 0.589. The lowest BCUT2D eigenvalue weighted by molar-refractivity contribution is -0.915. The molecular weight excluding hydrogens is 382 g/mol. The summed E-state index contributed by atoms with van der Waals surface area (Å²) in [5, 5.41) is 0. The van der Waals surface area contributed by atoms with Crippen molar-refractivity contribution in [2.24, 2.45) is 0 Å². The van der Waals surface area contributed by atoms with Gasteiger partial charge in [0.2, 0.25) is 5.91 Å². The Morgan fingerprint density at radius 1 is 1.03 bits per heavy atom. The highest BCUT2D eigenvalue weighted by Crippen LogP contribution is 2.26. The van der Waals surface area contributed by atoms with Crippen molar-refractivity contribution in [3.63, 3.8) is 0 Å². The predicted octanol–water partition coefficient (Wildman–Crippen LogP) is 0.935. The Hall–Kier alpha value is -3.19. The van der Waals surface area contributed by atoms with Crippen molar-refractivity contribution < 1.29 is 24.0 Å². The molecule has 2 aromatic carbocycles. The summed E-state index contributed by atoms with van der Waals surface area (Å²) in [6.45, 7) is 4.72. The van der Waals surface area contributed by atoms with Crippen molar-refractivity contribution in [2.45, 2.75) is 19.4 Å². The second kappa shape index (κ2) is 8.28. The second-order valence-electron chi connectivity index (χ2n) is 7.77. The molecule has 2 fully saturated rings. The highest BCUT2D eigenvalue weighted by molar-refractivity contribution is 6.21. The fourth-order valence-corrected chi connectivity index (χ4v) is 4.28. The number of carbonyl (C=O) groups excluding carboxylic acids is 3. The molecule has 2 aromatic rings. The number of piperazine rings is 1. The third-order valence-corrected chi connectivity index (χ3v) is 6.00. The number of benzene rings is 2. The summed E-state index contributed by atoms with van der Waals surface area (Å²) < 4.78 is 5.22. The van der Waals surface area contributed by atoms with Gasteiger partial charge in [-0.3, -0.25) is 14.4 Å². The number of ether oxygens (including phenoxy) is 1. The fourth-order valence-electron chi connectivity index (χ4n) is 4.28. The van der Waals surface area contributed by atoms with Crippen LogP contribution in [0.2, 0.25) is 0 Å². The Morgan fingerprint density at radius 3 is 2.37 bits per heavy atom. The van der Waals surface area contributed by atoms with Crippen LogP contribution in [0.15, 0.2) is 48.5 Å². The van der Waals surface area contributed by atoms with Gasteiger partial charge in [0, 0.05) is 17.3 Å². The molecule has 2 saturated heterocycles. The molecule has 156 valence electrons. The molecule has 1 atom stereocenters. The summed E-state index contributed by atoms with van der Waals surface area (Å²) >= 11 is 0. The molecule has 0 radical (unpaired) electrons. The maximum Gasteiger partial charge on any atom is 0.292 e. The Kier molecular flexibility index (Phi) is 5.55. The second-order valence-corrected chi connectivity index (χ2v) is 7.77. The van der Waals surface area contributed by atoms with Gasteiger partial charge in [0.05, 0.1) is 45.4 Å². The first kappa shape index (κ1) is 20.1. The number of ketones is 1. The number of anilines is 2. The van der Waals surface area contributed by atoms with E-state index in [-0.39, 0.29) is 30.1 Å². The summed E-state index contributed by atoms with van der Waals surface area (Å²) in [7, 11) is 1.56. The van der Waals surface area contributed by atoms with Crippen molar-refractivity contribution in [1.29, 1.82) is 0 Å². The molecule has 2 aliphatic heterocycles. The first-order chi connectivity index (χ1) is 14.5. The van der Waals surface area contributed by atoms with E-state index in [9.17, 15) is 14.4 Å². The van der Waals surface area contributed by atoms with Crippen LogP contribution in [0.25, 0.3) is 0 Å². The number of rotatable bonds is 5. The lowest BCUT2D eigenvalue weighted by Crippen LogP contribution is -3.19. The lowest BCUT2D eigenvalue weighted by atomic mass is 10.1. The van der Waals surface area contributed by atoms with Crippen LogP contribution in [0.4, 0.5) is 11.4 Å². The number of Topliss-reactive ketones (excluding diaryl/α,β-unsaturated/α-hetero) is 1. The maximum atomic E-state index is 13.1. The van der Waals surface area contributed by atoms with E-state index in [1.165, 1.54) is 4.90 Å². The van der Waals surface area contributed by atoms with Gasteiger partial charge in [-0.15, -0.1) is 0 Å². The van der Waals surface area contributed by atoms with E-state index in [4.69, 9.17) is 4.74 Å². The summed E-state index contributed by atoms with van der Waals surface area (Å²) in [5.74, 6) is 0.379. The van der Waals surface area contributed by atoms with Crippen LogP contribution in [-0.2, 0) is 9.59 Å². The Morgan fingerprint density at radius 2 is 1.73 bits per heavy atom. The van der Waals surface area contributed by atoms with E-state index < -0.39 is 0 Å². The monoisotopic (exact) mass is 408 g/mol. The first-order valence-corrected chi connectivity index (χ1v) is 10.2. The van der Waals surface area contributed by atoms with Crippen LogP contribution >= 0.6 is 0 Å². The number of hydrogen-bond donors (Lipinski definition) is 1. The van der Waals surface area contributed by atoms with E-state index in [1.54, 1.807) is 38.3 Å². The lowest BCUT2D eigenvalue weighted by Gasteiger charge is -2.35. The molecule has 2 aliphatic rings. The molecule has 0 aromatic heterocycles. The number of nitrogens with one attached hydrogen (secondary N) is 1. The number of imide groups is 1. The molecule has 2 amide bonds. The summed E-state index contributed by atoms with van der Waals surface area (Å²) in [6, 6.07) is 14.3. The van der Waals surface area contributed by atoms with E-state index >= 15 is 0 Å². The van der Waals surface area contributed by atoms with Crippen LogP contribution in [0.5, 0.6) is 5.75 Å². The molecule has 0 saturated carbocycles. The van der Waals surface area contributed by atoms with E-state index in [0.717, 1.165) is 36.8 Å². The van der Waals surface area contributed by atoms with E-state index in [2.05, 4.69) is 4.90 Å². The molecule has 0 spiro atoms. The molecule has 2 heterocycles. The molecule has 7 heteroatoms. The average Bonchev–Trinajstić information content (AvgIpc) is 3.07. The van der Waals surface area contributed by atoms with Gasteiger partial charge in [0.15, 0.2) is 11.8 Å². The van der Waals surface area contributed by atoms with Gasteiger partial charge in [-0.2, -0.15) is 0 Å². The molecule has 4 rings (SSSR count). The molecule has 1 N–H and O–H groups in total. The van der Waals surface area contributed by atoms with Crippen LogP contribution in [-0.4, -0.2) is 56.9 Å². The first-order valence-electron chi connectivity index (χ1n) is 10.2. The normalized spacial score (nSPS) is 20.0. The minimum atomic E-state index is -0.342. The number of amides is 2. The summed E-state index contributed by atoms with van der Waals surface area (Å²) in [5.41, 5.74) is 2.34. The number of hydrogen-bond acceptors (Lipinski definition) is 5. The number of carbonyl (C=O) groups is 3.